The SMILES string of the molecule is CCc1c(O)cc(O)c(C(=O)c2ccc(OC)c(OC)c2)c1CC(=O)N(CCO)CCCOC. The summed E-state index contributed by atoms with van der Waals surface area (Å²) >= 11 is 0. The summed E-state index contributed by atoms with van der Waals surface area (Å²) in [5.74, 6) is -0.707. The number of aliphatic hydroxyl groups is 1. The Morgan fingerprint density at radius 2 is 1.65 bits per heavy atom. The average molecular weight is 476 g/mol. The minimum absolute atomic E-state index is 0.0592. The highest BCUT2D eigenvalue weighted by atomic mass is 16.5. The van der Waals surface area contributed by atoms with Crippen LogP contribution in [0.5, 0.6) is 23.0 Å². The molecule has 0 heterocycles. The number of ether oxygens (including phenoxy) is 3. The van der Waals surface area contributed by atoms with Crippen LogP contribution in [0.25, 0.3) is 0 Å². The molecule has 0 aliphatic rings. The van der Waals surface area contributed by atoms with E-state index in [9.17, 15) is 24.9 Å². The molecule has 0 unspecified atom stereocenters. The van der Waals surface area contributed by atoms with Crippen LogP contribution >= 0.6 is 0 Å². The predicted molar refractivity (Wildman–Crippen MR) is 126 cm³/mol. The number of carbonyl (C=O) groups excluding carboxylic acids is 2. The van der Waals surface area contributed by atoms with Gasteiger partial charge in [0.25, 0.3) is 0 Å². The number of hydrogen-bond donors (Lipinski definition) is 3. The van der Waals surface area contributed by atoms with E-state index in [1.54, 1.807) is 20.1 Å². The summed E-state index contributed by atoms with van der Waals surface area (Å²) < 4.78 is 15.5. The number of aliphatic hydroxyl groups excluding tert-OH is 1. The summed E-state index contributed by atoms with van der Waals surface area (Å²) in [6.45, 7) is 2.49. The molecular weight excluding hydrogens is 442 g/mol. The monoisotopic (exact) mass is 475 g/mol. The van der Waals surface area contributed by atoms with Gasteiger partial charge in [0.2, 0.25) is 5.91 Å². The molecule has 9 heteroatoms. The molecule has 0 bridgehead atoms. The van der Waals surface area contributed by atoms with Crippen LogP contribution in [-0.4, -0.2) is 79.5 Å². The number of phenolic OH excluding ortho intramolecular Hbond substituents is 2. The van der Waals surface area contributed by atoms with Gasteiger partial charge in [-0.05, 0) is 42.2 Å². The Balaban J connectivity index is 2.53. The number of hydrogen-bond acceptors (Lipinski definition) is 8. The zero-order valence-electron chi connectivity index (χ0n) is 20.1. The second kappa shape index (κ2) is 12.8. The van der Waals surface area contributed by atoms with Crippen molar-refractivity contribution in [1.82, 2.24) is 4.90 Å². The van der Waals surface area contributed by atoms with Crippen molar-refractivity contribution >= 4 is 11.7 Å². The molecule has 0 spiro atoms. The largest absolute Gasteiger partial charge is 0.508 e. The van der Waals surface area contributed by atoms with Gasteiger partial charge in [0, 0.05) is 38.4 Å². The number of carbonyl (C=O) groups is 2. The third-order valence-electron chi connectivity index (χ3n) is 5.56. The molecule has 2 aromatic rings. The summed E-state index contributed by atoms with van der Waals surface area (Å²) in [7, 11) is 4.49. The molecule has 3 N–H and O–H groups in total. The van der Waals surface area contributed by atoms with Gasteiger partial charge < -0.3 is 34.4 Å². The number of ketones is 1. The lowest BCUT2D eigenvalue weighted by Gasteiger charge is -2.24. The Labute approximate surface area is 199 Å². The van der Waals surface area contributed by atoms with Crippen molar-refractivity contribution in [2.45, 2.75) is 26.2 Å². The Hall–Kier alpha value is -3.30. The standard InChI is InChI=1S/C25H33NO8/c1-5-17-18(14-23(30)26(10-11-27)9-6-12-32-2)24(20(29)15-19(17)28)25(31)16-7-8-21(33-3)22(13-16)34-4/h7-8,13,15,27-29H,5-6,9-12,14H2,1-4H3. The van der Waals surface area contributed by atoms with Crippen molar-refractivity contribution in [2.24, 2.45) is 0 Å². The van der Waals surface area contributed by atoms with Gasteiger partial charge in [-0.1, -0.05) is 6.92 Å². The summed E-state index contributed by atoms with van der Waals surface area (Å²) in [5, 5.41) is 30.5. The summed E-state index contributed by atoms with van der Waals surface area (Å²) in [4.78, 5) is 28.1. The first-order chi connectivity index (χ1) is 16.3. The molecule has 34 heavy (non-hydrogen) atoms. The third kappa shape index (κ3) is 6.18. The zero-order chi connectivity index (χ0) is 25.3. The Morgan fingerprint density at radius 3 is 2.24 bits per heavy atom. The minimum atomic E-state index is -0.524. The van der Waals surface area contributed by atoms with Crippen LogP contribution in [0, 0.1) is 0 Å². The van der Waals surface area contributed by atoms with Crippen LogP contribution < -0.4 is 9.47 Å². The lowest BCUT2D eigenvalue weighted by Crippen LogP contribution is -2.36. The van der Waals surface area contributed by atoms with Gasteiger partial charge in [0.15, 0.2) is 17.3 Å². The molecule has 2 rings (SSSR count). The van der Waals surface area contributed by atoms with E-state index in [1.165, 1.54) is 31.3 Å². The van der Waals surface area contributed by atoms with Gasteiger partial charge in [0.05, 0.1) is 32.8 Å². The molecule has 0 atom stereocenters. The second-order valence-corrected chi connectivity index (χ2v) is 7.63. The van der Waals surface area contributed by atoms with Gasteiger partial charge in [0.1, 0.15) is 11.5 Å². The highest BCUT2D eigenvalue weighted by Gasteiger charge is 2.27. The average Bonchev–Trinajstić information content (AvgIpc) is 2.82. The van der Waals surface area contributed by atoms with Crippen LogP contribution in [-0.2, 0) is 22.4 Å². The predicted octanol–water partition coefficient (Wildman–Crippen LogP) is 2.31. The molecule has 2 aromatic carbocycles. The highest BCUT2D eigenvalue weighted by Crippen LogP contribution is 2.36. The molecule has 0 saturated carbocycles. The van der Waals surface area contributed by atoms with Crippen molar-refractivity contribution in [2.75, 3.05) is 47.6 Å². The van der Waals surface area contributed by atoms with E-state index in [4.69, 9.17) is 14.2 Å². The second-order valence-electron chi connectivity index (χ2n) is 7.63. The number of aromatic hydroxyl groups is 2. The van der Waals surface area contributed by atoms with Crippen molar-refractivity contribution in [3.05, 3.63) is 46.5 Å². The third-order valence-corrected chi connectivity index (χ3v) is 5.56. The molecule has 0 aliphatic heterocycles. The number of nitrogens with zero attached hydrogens (tertiary/aromatic N) is 1. The fourth-order valence-electron chi connectivity index (χ4n) is 3.86. The van der Waals surface area contributed by atoms with Crippen LogP contribution in [0.3, 0.4) is 0 Å². The topological polar surface area (TPSA) is 126 Å². The molecule has 9 nitrogen and oxygen atoms in total. The van der Waals surface area contributed by atoms with E-state index in [0.717, 1.165) is 6.07 Å². The fraction of sp³-hybridized carbons (Fsp3) is 0.440. The summed E-state index contributed by atoms with van der Waals surface area (Å²) in [5.41, 5.74) is 0.813. The van der Waals surface area contributed by atoms with Crippen LogP contribution in [0.4, 0.5) is 0 Å². The molecule has 0 fully saturated rings. The van der Waals surface area contributed by atoms with Gasteiger partial charge in [-0.3, -0.25) is 9.59 Å². The van der Waals surface area contributed by atoms with Crippen LogP contribution in [0.2, 0.25) is 0 Å². The van der Waals surface area contributed by atoms with E-state index < -0.39 is 11.5 Å². The Bertz CT molecular complexity index is 1000. The van der Waals surface area contributed by atoms with E-state index in [-0.39, 0.29) is 47.9 Å². The zero-order valence-corrected chi connectivity index (χ0v) is 20.1. The minimum Gasteiger partial charge on any atom is -0.508 e. The Morgan fingerprint density at radius 1 is 0.941 bits per heavy atom. The molecular formula is C25H33NO8. The highest BCUT2D eigenvalue weighted by molar-refractivity contribution is 6.12. The molecule has 0 aliphatic carbocycles. The van der Waals surface area contributed by atoms with Gasteiger partial charge >= 0.3 is 0 Å². The van der Waals surface area contributed by atoms with Crippen molar-refractivity contribution in [1.29, 1.82) is 0 Å². The first kappa shape index (κ1) is 26.9. The van der Waals surface area contributed by atoms with Crippen molar-refractivity contribution in [3.63, 3.8) is 0 Å². The van der Waals surface area contributed by atoms with E-state index in [2.05, 4.69) is 0 Å². The Kier molecular flexibility index (Phi) is 10.2. The molecule has 0 aromatic heterocycles. The quantitative estimate of drug-likeness (QED) is 0.298. The van der Waals surface area contributed by atoms with E-state index in [0.29, 0.717) is 43.1 Å². The number of rotatable bonds is 13. The van der Waals surface area contributed by atoms with Crippen molar-refractivity contribution < 1.29 is 39.1 Å². The lowest BCUT2D eigenvalue weighted by molar-refractivity contribution is -0.131. The summed E-state index contributed by atoms with van der Waals surface area (Å²) in [6, 6.07) is 5.72. The maximum atomic E-state index is 13.5. The number of benzene rings is 2. The normalized spacial score (nSPS) is 10.7. The summed E-state index contributed by atoms with van der Waals surface area (Å²) in [6.07, 6.45) is 0.683. The lowest BCUT2D eigenvalue weighted by atomic mass is 9.89. The smallest absolute Gasteiger partial charge is 0.227 e. The van der Waals surface area contributed by atoms with E-state index in [1.807, 2.05) is 0 Å². The van der Waals surface area contributed by atoms with Gasteiger partial charge in [-0.15, -0.1) is 0 Å². The maximum absolute atomic E-state index is 13.5. The maximum Gasteiger partial charge on any atom is 0.227 e. The number of phenols is 2. The molecule has 1 amide bonds. The molecule has 0 radical (unpaired) electrons. The molecule has 0 saturated heterocycles. The first-order valence-electron chi connectivity index (χ1n) is 11.0. The van der Waals surface area contributed by atoms with Gasteiger partial charge in [-0.2, -0.15) is 0 Å². The number of methoxy groups -OCH3 is 3. The van der Waals surface area contributed by atoms with E-state index >= 15 is 0 Å². The number of amides is 1. The fourth-order valence-corrected chi connectivity index (χ4v) is 3.86. The first-order valence-corrected chi connectivity index (χ1v) is 11.0. The van der Waals surface area contributed by atoms with Crippen LogP contribution in [0.1, 0.15) is 40.4 Å². The van der Waals surface area contributed by atoms with Crippen LogP contribution in [0.15, 0.2) is 24.3 Å². The molecule has 186 valence electrons. The van der Waals surface area contributed by atoms with Crippen molar-refractivity contribution in [3.8, 4) is 23.0 Å². The van der Waals surface area contributed by atoms with Gasteiger partial charge in [-0.25, -0.2) is 0 Å².